The van der Waals surface area contributed by atoms with Crippen LogP contribution in [0.2, 0.25) is 0 Å². The first kappa shape index (κ1) is 16.8. The Labute approximate surface area is 137 Å². The fourth-order valence-corrected chi connectivity index (χ4v) is 1.98. The molecule has 0 fully saturated rings. The topological polar surface area (TPSA) is 93.9 Å². The predicted molar refractivity (Wildman–Crippen MR) is 87.4 cm³/mol. The van der Waals surface area contributed by atoms with Gasteiger partial charge in [-0.25, -0.2) is 5.43 Å². The molecule has 1 aromatic carbocycles. The Morgan fingerprint density at radius 3 is 2.43 bits per heavy atom. The number of ether oxygens (including phenoxy) is 3. The predicted octanol–water partition coefficient (Wildman–Crippen LogP) is 1.21. The normalized spacial score (nSPS) is 19.0. The third kappa shape index (κ3) is 3.78. The van der Waals surface area contributed by atoms with Crippen LogP contribution in [0.1, 0.15) is 5.56 Å². The molecule has 1 heterocycles. The van der Waals surface area contributed by atoms with Gasteiger partial charge < -0.3 is 14.2 Å². The quantitative estimate of drug-likeness (QED) is 0.496. The Bertz CT molecular complexity index is 662. The highest BCUT2D eigenvalue weighted by molar-refractivity contribution is 6.54. The van der Waals surface area contributed by atoms with E-state index in [1.807, 2.05) is 0 Å². The minimum Gasteiger partial charge on any atom is -0.493 e. The van der Waals surface area contributed by atoms with Crippen molar-refractivity contribution in [2.75, 3.05) is 21.3 Å². The van der Waals surface area contributed by atoms with Crippen molar-refractivity contribution in [2.45, 2.75) is 5.38 Å². The van der Waals surface area contributed by atoms with Crippen LogP contribution in [-0.2, 0) is 4.79 Å². The van der Waals surface area contributed by atoms with Crippen LogP contribution in [0.5, 0.6) is 17.2 Å². The van der Waals surface area contributed by atoms with Crippen molar-refractivity contribution in [3.63, 3.8) is 0 Å². The zero-order chi connectivity index (χ0) is 16.8. The molecule has 1 unspecified atom stereocenters. The zero-order valence-electron chi connectivity index (χ0n) is 12.7. The van der Waals surface area contributed by atoms with E-state index >= 15 is 0 Å². The molecule has 1 aliphatic rings. The number of carbonyl (C=O) groups excluding carboxylic acids is 1. The molecule has 9 heteroatoms. The maximum absolute atomic E-state index is 11.3. The molecular weight excluding hydrogens is 324 g/mol. The van der Waals surface area contributed by atoms with Gasteiger partial charge in [0.15, 0.2) is 16.9 Å². The Morgan fingerprint density at radius 2 is 1.87 bits per heavy atom. The van der Waals surface area contributed by atoms with Gasteiger partial charge in [-0.05, 0) is 12.1 Å². The molecule has 0 spiro atoms. The van der Waals surface area contributed by atoms with Crippen molar-refractivity contribution in [3.8, 4) is 17.2 Å². The summed E-state index contributed by atoms with van der Waals surface area (Å²) in [5.74, 6) is 1.02. The van der Waals surface area contributed by atoms with Gasteiger partial charge >= 0.3 is 0 Å². The van der Waals surface area contributed by atoms with Gasteiger partial charge in [0.2, 0.25) is 5.75 Å². The molecule has 1 amide bonds. The van der Waals surface area contributed by atoms with Crippen molar-refractivity contribution in [2.24, 2.45) is 15.3 Å². The SMILES string of the molecule is COc1cc(/C=N\N=C2\C=NNC(=O)C2Cl)cc(OC)c1OC. The minimum absolute atomic E-state index is 0.249. The highest BCUT2D eigenvalue weighted by Gasteiger charge is 2.23. The molecule has 0 aliphatic carbocycles. The fraction of sp³-hybridized carbons (Fsp3) is 0.286. The standard InChI is InChI=1S/C14H15ClN4O4/c1-21-10-4-8(5-11(22-2)13(10)23-3)6-16-18-9-7-17-19-14(20)12(9)15/h4-7,12H,1-3H3,(H,19,20)/b16-6-,18-9-. The number of nitrogens with one attached hydrogen (secondary N) is 1. The minimum atomic E-state index is -0.926. The first-order chi connectivity index (χ1) is 11.1. The Hall–Kier alpha value is -2.61. The maximum atomic E-state index is 11.3. The van der Waals surface area contributed by atoms with E-state index in [0.717, 1.165) is 0 Å². The summed E-state index contributed by atoms with van der Waals surface area (Å²) in [4.78, 5) is 11.3. The van der Waals surface area contributed by atoms with E-state index in [1.165, 1.54) is 33.8 Å². The Morgan fingerprint density at radius 1 is 1.22 bits per heavy atom. The first-order valence-electron chi connectivity index (χ1n) is 6.48. The van der Waals surface area contributed by atoms with Gasteiger partial charge in [-0.15, -0.1) is 11.6 Å². The lowest BCUT2D eigenvalue weighted by atomic mass is 10.2. The molecule has 1 atom stereocenters. The van der Waals surface area contributed by atoms with Gasteiger partial charge in [0.1, 0.15) is 5.71 Å². The van der Waals surface area contributed by atoms with Gasteiger partial charge in [0, 0.05) is 5.56 Å². The number of carbonyl (C=O) groups is 1. The highest BCUT2D eigenvalue weighted by atomic mass is 35.5. The van der Waals surface area contributed by atoms with E-state index in [2.05, 4.69) is 20.7 Å². The summed E-state index contributed by atoms with van der Waals surface area (Å²) in [7, 11) is 4.56. The summed E-state index contributed by atoms with van der Waals surface area (Å²) < 4.78 is 15.7. The second-order valence-electron chi connectivity index (χ2n) is 4.32. The number of methoxy groups -OCH3 is 3. The molecule has 1 N–H and O–H groups in total. The number of halogens is 1. The van der Waals surface area contributed by atoms with Crippen molar-refractivity contribution in [3.05, 3.63) is 17.7 Å². The molecule has 1 aromatic rings. The number of amides is 1. The second-order valence-corrected chi connectivity index (χ2v) is 4.76. The average molecular weight is 339 g/mol. The monoisotopic (exact) mass is 338 g/mol. The molecular formula is C14H15ClN4O4. The summed E-state index contributed by atoms with van der Waals surface area (Å²) in [6.45, 7) is 0. The number of hydrazone groups is 1. The third-order valence-electron chi connectivity index (χ3n) is 2.93. The van der Waals surface area contributed by atoms with Crippen molar-refractivity contribution < 1.29 is 19.0 Å². The van der Waals surface area contributed by atoms with Crippen LogP contribution < -0.4 is 19.6 Å². The van der Waals surface area contributed by atoms with Crippen molar-refractivity contribution in [1.29, 1.82) is 0 Å². The lowest BCUT2D eigenvalue weighted by Crippen LogP contribution is -2.38. The van der Waals surface area contributed by atoms with E-state index in [9.17, 15) is 4.79 Å². The second kappa shape index (κ2) is 7.59. The number of hydrogen-bond donors (Lipinski definition) is 1. The van der Waals surface area contributed by atoms with E-state index in [1.54, 1.807) is 12.1 Å². The summed E-state index contributed by atoms with van der Waals surface area (Å²) in [5, 5.41) is 10.5. The van der Waals surface area contributed by atoms with E-state index in [-0.39, 0.29) is 5.71 Å². The smallest absolute Gasteiger partial charge is 0.264 e. The van der Waals surface area contributed by atoms with E-state index in [0.29, 0.717) is 22.8 Å². The first-order valence-corrected chi connectivity index (χ1v) is 6.92. The summed E-state index contributed by atoms with van der Waals surface area (Å²) in [6.07, 6.45) is 2.81. The number of hydrogen-bond acceptors (Lipinski definition) is 7. The van der Waals surface area contributed by atoms with E-state index in [4.69, 9.17) is 25.8 Å². The molecule has 122 valence electrons. The third-order valence-corrected chi connectivity index (χ3v) is 3.35. The van der Waals surface area contributed by atoms with Gasteiger partial charge in [-0.2, -0.15) is 15.3 Å². The zero-order valence-corrected chi connectivity index (χ0v) is 13.5. The van der Waals surface area contributed by atoms with Crippen LogP contribution in [0.4, 0.5) is 0 Å². The van der Waals surface area contributed by atoms with Crippen LogP contribution in [0.15, 0.2) is 27.4 Å². The van der Waals surface area contributed by atoms with Crippen LogP contribution >= 0.6 is 11.6 Å². The summed E-state index contributed by atoms with van der Waals surface area (Å²) in [5.41, 5.74) is 3.15. The van der Waals surface area contributed by atoms with Gasteiger partial charge in [0.05, 0.1) is 33.8 Å². The molecule has 0 radical (unpaired) electrons. The summed E-state index contributed by atoms with van der Waals surface area (Å²) >= 11 is 5.89. The van der Waals surface area contributed by atoms with Crippen LogP contribution in [0, 0.1) is 0 Å². The largest absolute Gasteiger partial charge is 0.493 e. The molecule has 8 nitrogen and oxygen atoms in total. The lowest BCUT2D eigenvalue weighted by molar-refractivity contribution is -0.119. The van der Waals surface area contributed by atoms with Crippen molar-refractivity contribution in [1.82, 2.24) is 5.43 Å². The number of alkyl halides is 1. The van der Waals surface area contributed by atoms with E-state index < -0.39 is 11.3 Å². The van der Waals surface area contributed by atoms with Gasteiger partial charge in [0.25, 0.3) is 5.91 Å². The maximum Gasteiger partial charge on any atom is 0.264 e. The Kier molecular flexibility index (Phi) is 5.53. The van der Waals surface area contributed by atoms with Crippen LogP contribution in [-0.4, -0.2) is 50.8 Å². The Balaban J connectivity index is 2.27. The van der Waals surface area contributed by atoms with Gasteiger partial charge in [-0.3, -0.25) is 4.79 Å². The average Bonchev–Trinajstić information content (AvgIpc) is 2.57. The fourth-order valence-electron chi connectivity index (χ4n) is 1.83. The molecule has 23 heavy (non-hydrogen) atoms. The molecule has 0 saturated carbocycles. The number of benzene rings is 1. The molecule has 0 bridgehead atoms. The van der Waals surface area contributed by atoms with Crippen molar-refractivity contribution >= 4 is 35.6 Å². The lowest BCUT2D eigenvalue weighted by Gasteiger charge is -2.12. The molecule has 0 saturated heterocycles. The molecule has 0 aromatic heterocycles. The molecule has 2 rings (SSSR count). The highest BCUT2D eigenvalue weighted by Crippen LogP contribution is 2.37. The summed E-state index contributed by atoms with van der Waals surface area (Å²) in [6, 6.07) is 3.43. The van der Waals surface area contributed by atoms with Crippen LogP contribution in [0.25, 0.3) is 0 Å². The number of rotatable bonds is 5. The van der Waals surface area contributed by atoms with Gasteiger partial charge in [-0.1, -0.05) is 0 Å². The van der Waals surface area contributed by atoms with Crippen LogP contribution in [0.3, 0.4) is 0 Å². The number of nitrogens with zero attached hydrogens (tertiary/aromatic N) is 3. The molecule has 1 aliphatic heterocycles.